The molecule has 6 heteroatoms. The number of benzene rings is 2. The zero-order chi connectivity index (χ0) is 19.7. The van der Waals surface area contributed by atoms with E-state index in [1.807, 2.05) is 30.3 Å². The van der Waals surface area contributed by atoms with Gasteiger partial charge in [0.1, 0.15) is 5.65 Å². The summed E-state index contributed by atoms with van der Waals surface area (Å²) in [7, 11) is 0. The van der Waals surface area contributed by atoms with E-state index >= 15 is 0 Å². The third kappa shape index (κ3) is 3.40. The van der Waals surface area contributed by atoms with Crippen molar-refractivity contribution in [1.82, 2.24) is 9.97 Å². The smallest absolute Gasteiger partial charge is 0.221 e. The summed E-state index contributed by atoms with van der Waals surface area (Å²) in [5.41, 5.74) is 4.13. The Morgan fingerprint density at radius 2 is 1.86 bits per heavy atom. The average molecular weight is 390 g/mol. The molecule has 28 heavy (non-hydrogen) atoms. The Labute approximate surface area is 166 Å². The largest absolute Gasteiger partial charge is 0.345 e. The molecule has 0 unspecified atom stereocenters. The van der Waals surface area contributed by atoms with Gasteiger partial charge in [-0.25, -0.2) is 4.98 Å². The van der Waals surface area contributed by atoms with Gasteiger partial charge in [0.2, 0.25) is 5.91 Å². The molecule has 0 aliphatic heterocycles. The van der Waals surface area contributed by atoms with Crippen molar-refractivity contribution >= 4 is 40.0 Å². The Bertz CT molecular complexity index is 1200. The number of pyridine rings is 1. The van der Waals surface area contributed by atoms with Crippen LogP contribution in [-0.2, 0) is 4.79 Å². The third-order valence-electron chi connectivity index (χ3n) is 4.42. The topological polar surface area (TPSA) is 74.8 Å². The Kier molecular flexibility index (Phi) is 4.67. The number of H-pyrrole nitrogens is 1. The summed E-state index contributed by atoms with van der Waals surface area (Å²) < 4.78 is 0. The Balaban J connectivity index is 1.85. The van der Waals surface area contributed by atoms with Gasteiger partial charge in [0.05, 0.1) is 5.56 Å². The van der Waals surface area contributed by atoms with E-state index in [0.717, 1.165) is 16.5 Å². The number of nitrogens with zero attached hydrogens (tertiary/aromatic N) is 1. The van der Waals surface area contributed by atoms with E-state index in [9.17, 15) is 9.59 Å². The fraction of sp³-hybridized carbons (Fsp3) is 0.0455. The number of aromatic nitrogens is 2. The van der Waals surface area contributed by atoms with Crippen LogP contribution in [0.1, 0.15) is 22.8 Å². The maximum atomic E-state index is 13.1. The number of hydrogen-bond acceptors (Lipinski definition) is 3. The number of carbonyl (C=O) groups excluding carboxylic acids is 2. The van der Waals surface area contributed by atoms with Crippen molar-refractivity contribution in [2.75, 3.05) is 5.32 Å². The first-order chi connectivity index (χ1) is 13.5. The molecule has 0 radical (unpaired) electrons. The number of aromatic amines is 1. The second kappa shape index (κ2) is 7.29. The van der Waals surface area contributed by atoms with Gasteiger partial charge in [-0.05, 0) is 53.6 Å². The second-order valence-electron chi connectivity index (χ2n) is 6.38. The van der Waals surface area contributed by atoms with Crippen LogP contribution in [0.3, 0.4) is 0 Å². The lowest BCUT2D eigenvalue weighted by Crippen LogP contribution is -2.05. The number of hydrogen-bond donors (Lipinski definition) is 2. The van der Waals surface area contributed by atoms with E-state index in [2.05, 4.69) is 15.3 Å². The predicted octanol–water partition coefficient (Wildman–Crippen LogP) is 5.07. The second-order valence-corrected chi connectivity index (χ2v) is 6.82. The minimum Gasteiger partial charge on any atom is -0.345 e. The fourth-order valence-electron chi connectivity index (χ4n) is 3.20. The number of ketones is 1. The lowest BCUT2D eigenvalue weighted by molar-refractivity contribution is -0.114. The number of fused-ring (bicyclic) bond motifs is 1. The van der Waals surface area contributed by atoms with E-state index in [-0.39, 0.29) is 11.7 Å². The van der Waals surface area contributed by atoms with Gasteiger partial charge in [-0.1, -0.05) is 23.7 Å². The van der Waals surface area contributed by atoms with E-state index in [0.29, 0.717) is 27.5 Å². The molecule has 2 aromatic carbocycles. The zero-order valence-electron chi connectivity index (χ0n) is 15.0. The van der Waals surface area contributed by atoms with E-state index < -0.39 is 0 Å². The molecule has 0 saturated carbocycles. The van der Waals surface area contributed by atoms with Crippen molar-refractivity contribution in [2.45, 2.75) is 6.92 Å². The van der Waals surface area contributed by atoms with Crippen LogP contribution in [0.4, 0.5) is 5.69 Å². The van der Waals surface area contributed by atoms with Crippen molar-refractivity contribution in [3.8, 4) is 11.1 Å². The molecule has 0 spiro atoms. The standard InChI is InChI=1S/C22H16ClN3O2/c1-13(27)26-17-4-2-3-15(11-17)18-9-10-24-22-20(18)19(12-25-22)21(28)14-5-7-16(23)8-6-14/h2-12H,1H3,(H,24,25)(H,26,27). The van der Waals surface area contributed by atoms with Crippen LogP contribution in [0.5, 0.6) is 0 Å². The van der Waals surface area contributed by atoms with Crippen molar-refractivity contribution in [2.24, 2.45) is 0 Å². The molecule has 0 aliphatic carbocycles. The maximum absolute atomic E-state index is 13.1. The lowest BCUT2D eigenvalue weighted by Gasteiger charge is -2.09. The molecule has 0 bridgehead atoms. The molecule has 0 saturated heterocycles. The minimum atomic E-state index is -0.141. The monoisotopic (exact) mass is 389 g/mol. The average Bonchev–Trinajstić information content (AvgIpc) is 3.12. The van der Waals surface area contributed by atoms with Gasteiger partial charge in [-0.2, -0.15) is 0 Å². The van der Waals surface area contributed by atoms with Gasteiger partial charge in [0.15, 0.2) is 5.78 Å². The molecule has 2 heterocycles. The molecule has 4 aromatic rings. The molecule has 2 N–H and O–H groups in total. The lowest BCUT2D eigenvalue weighted by atomic mass is 9.97. The highest BCUT2D eigenvalue weighted by atomic mass is 35.5. The summed E-state index contributed by atoms with van der Waals surface area (Å²) in [6, 6.07) is 16.2. The summed E-state index contributed by atoms with van der Waals surface area (Å²) in [6.07, 6.45) is 3.37. The number of rotatable bonds is 4. The maximum Gasteiger partial charge on any atom is 0.221 e. The molecular weight excluding hydrogens is 374 g/mol. The number of carbonyl (C=O) groups is 2. The van der Waals surface area contributed by atoms with Crippen LogP contribution in [0.15, 0.2) is 67.0 Å². The summed E-state index contributed by atoms with van der Waals surface area (Å²) in [6.45, 7) is 1.46. The summed E-state index contributed by atoms with van der Waals surface area (Å²) in [5, 5.41) is 4.10. The fourth-order valence-corrected chi connectivity index (χ4v) is 3.33. The van der Waals surface area contributed by atoms with Crippen LogP contribution in [-0.4, -0.2) is 21.7 Å². The Morgan fingerprint density at radius 1 is 1.07 bits per heavy atom. The first-order valence-electron chi connectivity index (χ1n) is 8.67. The quantitative estimate of drug-likeness (QED) is 0.478. The third-order valence-corrected chi connectivity index (χ3v) is 4.67. The van der Waals surface area contributed by atoms with Crippen molar-refractivity contribution < 1.29 is 9.59 Å². The molecule has 0 atom stereocenters. The van der Waals surface area contributed by atoms with Crippen LogP contribution in [0.25, 0.3) is 22.2 Å². The van der Waals surface area contributed by atoms with Gasteiger partial charge in [0, 0.05) is 41.0 Å². The van der Waals surface area contributed by atoms with Crippen LogP contribution in [0.2, 0.25) is 5.02 Å². The number of anilines is 1. The van der Waals surface area contributed by atoms with Gasteiger partial charge in [-0.15, -0.1) is 0 Å². The molecule has 138 valence electrons. The van der Waals surface area contributed by atoms with Crippen LogP contribution < -0.4 is 5.32 Å². The summed E-state index contributed by atoms with van der Waals surface area (Å²) in [4.78, 5) is 31.9. The Morgan fingerprint density at radius 3 is 2.61 bits per heavy atom. The molecular formula is C22H16ClN3O2. The van der Waals surface area contributed by atoms with E-state index in [4.69, 9.17) is 11.6 Å². The van der Waals surface area contributed by atoms with Gasteiger partial charge >= 0.3 is 0 Å². The molecule has 0 fully saturated rings. The summed E-state index contributed by atoms with van der Waals surface area (Å²) >= 11 is 5.93. The minimum absolute atomic E-state index is 0.116. The van der Waals surface area contributed by atoms with Gasteiger partial charge < -0.3 is 10.3 Å². The highest BCUT2D eigenvalue weighted by molar-refractivity contribution is 6.30. The van der Waals surface area contributed by atoms with Gasteiger partial charge in [0.25, 0.3) is 0 Å². The molecule has 4 rings (SSSR count). The SMILES string of the molecule is CC(=O)Nc1cccc(-c2ccnc3[nH]cc(C(=O)c4ccc(Cl)cc4)c23)c1. The van der Waals surface area contributed by atoms with Gasteiger partial charge in [-0.3, -0.25) is 9.59 Å². The summed E-state index contributed by atoms with van der Waals surface area (Å²) in [5.74, 6) is -0.257. The number of nitrogens with one attached hydrogen (secondary N) is 2. The normalized spacial score (nSPS) is 10.8. The van der Waals surface area contributed by atoms with Crippen molar-refractivity contribution in [3.05, 3.63) is 83.1 Å². The van der Waals surface area contributed by atoms with E-state index in [1.165, 1.54) is 6.92 Å². The predicted molar refractivity (Wildman–Crippen MR) is 111 cm³/mol. The molecule has 5 nitrogen and oxygen atoms in total. The molecule has 2 aromatic heterocycles. The van der Waals surface area contributed by atoms with E-state index in [1.54, 1.807) is 36.7 Å². The first kappa shape index (κ1) is 17.9. The Hall–Kier alpha value is -3.44. The van der Waals surface area contributed by atoms with Crippen molar-refractivity contribution in [3.63, 3.8) is 0 Å². The van der Waals surface area contributed by atoms with Crippen LogP contribution in [0, 0.1) is 0 Å². The highest BCUT2D eigenvalue weighted by Gasteiger charge is 2.18. The van der Waals surface area contributed by atoms with Crippen LogP contribution >= 0.6 is 11.6 Å². The first-order valence-corrected chi connectivity index (χ1v) is 9.05. The van der Waals surface area contributed by atoms with Crippen molar-refractivity contribution in [1.29, 1.82) is 0 Å². The number of amides is 1. The zero-order valence-corrected chi connectivity index (χ0v) is 15.7. The molecule has 1 amide bonds. The molecule has 0 aliphatic rings. The highest BCUT2D eigenvalue weighted by Crippen LogP contribution is 2.32. The number of halogens is 1.